The van der Waals surface area contributed by atoms with Gasteiger partial charge >= 0.3 is 0 Å². The molecule has 3 aromatic rings. The van der Waals surface area contributed by atoms with Crippen molar-refractivity contribution in [3.63, 3.8) is 0 Å². The maximum Gasteiger partial charge on any atom is 0.266 e. The fourth-order valence-corrected chi connectivity index (χ4v) is 3.44. The highest BCUT2D eigenvalue weighted by molar-refractivity contribution is 5.95. The van der Waals surface area contributed by atoms with Crippen LogP contribution in [0.5, 0.6) is 0 Å². The van der Waals surface area contributed by atoms with Gasteiger partial charge in [-0.25, -0.2) is 4.98 Å². The van der Waals surface area contributed by atoms with E-state index in [1.54, 1.807) is 18.3 Å². The smallest absolute Gasteiger partial charge is 0.266 e. The van der Waals surface area contributed by atoms with Gasteiger partial charge in [0, 0.05) is 30.1 Å². The monoisotopic (exact) mass is 364 g/mol. The lowest BCUT2D eigenvalue weighted by Gasteiger charge is -2.31. The van der Waals surface area contributed by atoms with Crippen LogP contribution < -0.4 is 5.56 Å². The van der Waals surface area contributed by atoms with Gasteiger partial charge < -0.3 is 9.88 Å². The maximum absolute atomic E-state index is 13.0. The predicted molar refractivity (Wildman–Crippen MR) is 99.3 cm³/mol. The third kappa shape index (κ3) is 3.64. The second-order valence-electron chi connectivity index (χ2n) is 6.76. The van der Waals surface area contributed by atoms with Crippen LogP contribution in [0.4, 0.5) is 0 Å². The van der Waals surface area contributed by atoms with Gasteiger partial charge in [-0.15, -0.1) is 0 Å². The van der Waals surface area contributed by atoms with Crippen LogP contribution in [-0.2, 0) is 0 Å². The highest BCUT2D eigenvalue weighted by Gasteiger charge is 2.27. The standard InChI is InChI=1S/C19H20N6O2/c1-12-21-18(24-23-12)15-6-3-7-25(11-15)19(27)14-5-2-4-13(8-14)16-9-20-10-17(26)22-16/h2,4-5,8-10,15H,3,6-7,11H2,1H3,(H,22,26)(H,21,23,24)/t15-/m0/s1. The number of benzene rings is 1. The Hall–Kier alpha value is -3.29. The number of hydrogen-bond acceptors (Lipinski definition) is 5. The van der Waals surface area contributed by atoms with Gasteiger partial charge in [-0.1, -0.05) is 12.1 Å². The molecule has 2 N–H and O–H groups in total. The van der Waals surface area contributed by atoms with E-state index in [9.17, 15) is 9.59 Å². The van der Waals surface area contributed by atoms with Gasteiger partial charge in [0.2, 0.25) is 0 Å². The molecule has 1 aliphatic heterocycles. The quantitative estimate of drug-likeness (QED) is 0.738. The lowest BCUT2D eigenvalue weighted by molar-refractivity contribution is 0.0704. The number of nitrogens with one attached hydrogen (secondary N) is 2. The molecule has 0 aliphatic carbocycles. The average molecular weight is 364 g/mol. The molecule has 1 aliphatic rings. The summed E-state index contributed by atoms with van der Waals surface area (Å²) in [6.45, 7) is 3.19. The highest BCUT2D eigenvalue weighted by Crippen LogP contribution is 2.26. The zero-order valence-corrected chi connectivity index (χ0v) is 15.0. The van der Waals surface area contributed by atoms with E-state index < -0.39 is 0 Å². The molecule has 0 spiro atoms. The molecule has 2 aromatic heterocycles. The molecule has 27 heavy (non-hydrogen) atoms. The van der Waals surface area contributed by atoms with Crippen LogP contribution in [0.3, 0.4) is 0 Å². The zero-order valence-electron chi connectivity index (χ0n) is 15.0. The third-order valence-electron chi connectivity index (χ3n) is 4.76. The average Bonchev–Trinajstić information content (AvgIpc) is 3.14. The van der Waals surface area contributed by atoms with Crippen molar-refractivity contribution in [2.24, 2.45) is 0 Å². The van der Waals surface area contributed by atoms with Gasteiger partial charge in [-0.05, 0) is 31.9 Å². The number of amides is 1. The molecule has 1 aromatic carbocycles. The number of rotatable bonds is 3. The number of H-pyrrole nitrogens is 2. The number of aryl methyl sites for hydroxylation is 1. The number of carbonyl (C=O) groups is 1. The first-order valence-electron chi connectivity index (χ1n) is 8.93. The van der Waals surface area contributed by atoms with Crippen LogP contribution in [0.25, 0.3) is 11.3 Å². The number of nitrogens with zero attached hydrogens (tertiary/aromatic N) is 4. The number of piperidine rings is 1. The summed E-state index contributed by atoms with van der Waals surface area (Å²) in [4.78, 5) is 37.4. The van der Waals surface area contributed by atoms with Gasteiger partial charge in [0.15, 0.2) is 5.82 Å². The van der Waals surface area contributed by atoms with Crippen LogP contribution in [0.2, 0.25) is 0 Å². The van der Waals surface area contributed by atoms with Crippen molar-refractivity contribution in [3.05, 3.63) is 64.2 Å². The molecule has 1 fully saturated rings. The van der Waals surface area contributed by atoms with E-state index in [0.717, 1.165) is 30.1 Å². The number of likely N-dealkylation sites (tertiary alicyclic amines) is 1. The van der Waals surface area contributed by atoms with E-state index in [1.165, 1.54) is 6.20 Å². The van der Waals surface area contributed by atoms with Gasteiger partial charge in [0.1, 0.15) is 5.82 Å². The molecule has 0 saturated carbocycles. The minimum Gasteiger partial charge on any atom is -0.338 e. The summed E-state index contributed by atoms with van der Waals surface area (Å²) < 4.78 is 0. The number of aromatic nitrogens is 5. The van der Waals surface area contributed by atoms with Crippen molar-refractivity contribution in [1.29, 1.82) is 0 Å². The molecule has 0 unspecified atom stereocenters. The third-order valence-corrected chi connectivity index (χ3v) is 4.76. The van der Waals surface area contributed by atoms with Crippen molar-refractivity contribution < 1.29 is 4.79 Å². The molecule has 8 heteroatoms. The van der Waals surface area contributed by atoms with Gasteiger partial charge in [0.05, 0.1) is 18.1 Å². The molecule has 8 nitrogen and oxygen atoms in total. The SMILES string of the molecule is Cc1nc([C@H]2CCCN(C(=O)c3cccc(-c4cncc(=O)[nH]4)c3)C2)n[nH]1. The lowest BCUT2D eigenvalue weighted by Crippen LogP contribution is -2.39. The highest BCUT2D eigenvalue weighted by atomic mass is 16.2. The Labute approximate surface area is 155 Å². The molecular formula is C19H20N6O2. The van der Waals surface area contributed by atoms with E-state index >= 15 is 0 Å². The Bertz CT molecular complexity index is 1020. The Balaban J connectivity index is 1.55. The molecule has 138 valence electrons. The Kier molecular flexibility index (Phi) is 4.53. The van der Waals surface area contributed by atoms with Crippen molar-refractivity contribution in [2.45, 2.75) is 25.7 Å². The Morgan fingerprint density at radius 1 is 1.30 bits per heavy atom. The molecule has 1 saturated heterocycles. The van der Waals surface area contributed by atoms with E-state index in [4.69, 9.17) is 0 Å². The minimum absolute atomic E-state index is 0.0277. The van der Waals surface area contributed by atoms with Crippen molar-refractivity contribution in [3.8, 4) is 11.3 Å². The minimum atomic E-state index is -0.273. The van der Waals surface area contributed by atoms with E-state index in [1.807, 2.05) is 24.0 Å². The Morgan fingerprint density at radius 3 is 2.96 bits per heavy atom. The fraction of sp³-hybridized carbons (Fsp3) is 0.316. The summed E-state index contributed by atoms with van der Waals surface area (Å²) in [5.41, 5.74) is 1.66. The predicted octanol–water partition coefficient (Wildman–Crippen LogP) is 1.88. The van der Waals surface area contributed by atoms with Crippen LogP contribution in [0.1, 0.15) is 40.8 Å². The van der Waals surface area contributed by atoms with Crippen LogP contribution in [-0.4, -0.2) is 49.0 Å². The normalized spacial score (nSPS) is 17.1. The van der Waals surface area contributed by atoms with Crippen molar-refractivity contribution in [1.82, 2.24) is 30.0 Å². The fourth-order valence-electron chi connectivity index (χ4n) is 3.44. The topological polar surface area (TPSA) is 108 Å². The van der Waals surface area contributed by atoms with E-state index in [2.05, 4.69) is 25.1 Å². The van der Waals surface area contributed by atoms with Crippen LogP contribution in [0.15, 0.2) is 41.5 Å². The second-order valence-corrected chi connectivity index (χ2v) is 6.76. The summed E-state index contributed by atoms with van der Waals surface area (Å²) in [6, 6.07) is 7.24. The van der Waals surface area contributed by atoms with Gasteiger partial charge in [-0.2, -0.15) is 5.10 Å². The van der Waals surface area contributed by atoms with Crippen LogP contribution in [0, 0.1) is 6.92 Å². The first kappa shape index (κ1) is 17.1. The summed E-state index contributed by atoms with van der Waals surface area (Å²) in [6.07, 6.45) is 4.68. The molecular weight excluding hydrogens is 344 g/mol. The molecule has 1 atom stereocenters. The van der Waals surface area contributed by atoms with Crippen molar-refractivity contribution >= 4 is 5.91 Å². The number of hydrogen-bond donors (Lipinski definition) is 2. The molecule has 3 heterocycles. The second kappa shape index (κ2) is 7.14. The largest absolute Gasteiger partial charge is 0.338 e. The van der Waals surface area contributed by atoms with Crippen LogP contribution >= 0.6 is 0 Å². The van der Waals surface area contributed by atoms with Gasteiger partial charge in [0.25, 0.3) is 11.5 Å². The lowest BCUT2D eigenvalue weighted by atomic mass is 9.96. The van der Waals surface area contributed by atoms with E-state index in [-0.39, 0.29) is 17.4 Å². The molecule has 4 rings (SSSR count). The summed E-state index contributed by atoms with van der Waals surface area (Å²) >= 11 is 0. The van der Waals surface area contributed by atoms with Crippen molar-refractivity contribution in [2.75, 3.05) is 13.1 Å². The number of carbonyl (C=O) groups excluding carboxylic acids is 1. The first-order valence-corrected chi connectivity index (χ1v) is 8.93. The summed E-state index contributed by atoms with van der Waals surface area (Å²) in [5.74, 6) is 1.67. The first-order chi connectivity index (χ1) is 13.1. The number of aromatic amines is 2. The maximum atomic E-state index is 13.0. The zero-order chi connectivity index (χ0) is 18.8. The summed E-state index contributed by atoms with van der Waals surface area (Å²) in [7, 11) is 0. The molecule has 1 amide bonds. The van der Waals surface area contributed by atoms with Gasteiger partial charge in [-0.3, -0.25) is 19.7 Å². The summed E-state index contributed by atoms with van der Waals surface area (Å²) in [5, 5.41) is 7.13. The molecule has 0 radical (unpaired) electrons. The Morgan fingerprint density at radius 2 is 2.19 bits per heavy atom. The molecule has 0 bridgehead atoms. The van der Waals surface area contributed by atoms with E-state index in [0.29, 0.717) is 24.3 Å².